The van der Waals surface area contributed by atoms with E-state index in [0.717, 1.165) is 11.1 Å². The first-order valence-corrected chi connectivity index (χ1v) is 6.87. The summed E-state index contributed by atoms with van der Waals surface area (Å²) < 4.78 is 0. The molecule has 0 N–H and O–H groups in total. The van der Waals surface area contributed by atoms with Gasteiger partial charge in [-0.2, -0.15) is 0 Å². The second-order valence-electron chi connectivity index (χ2n) is 5.38. The maximum absolute atomic E-state index is 12.5. The highest BCUT2D eigenvalue weighted by atomic mass is 16.1. The van der Waals surface area contributed by atoms with Crippen LogP contribution in [0.3, 0.4) is 0 Å². The number of hydrogen-bond acceptors (Lipinski definition) is 3. The Kier molecular flexibility index (Phi) is 3.26. The third-order valence-electron chi connectivity index (χ3n) is 3.58. The zero-order chi connectivity index (χ0) is 15.0. The molecule has 3 nitrogen and oxygen atoms in total. The number of hydrogen-bond donors (Lipinski definition) is 0. The minimum absolute atomic E-state index is 0.0419. The zero-order valence-electron chi connectivity index (χ0n) is 12.0. The van der Waals surface area contributed by atoms with E-state index in [1.807, 2.05) is 44.2 Å². The van der Waals surface area contributed by atoms with Gasteiger partial charge in [0.15, 0.2) is 5.78 Å². The Bertz CT molecular complexity index is 788. The van der Waals surface area contributed by atoms with E-state index < -0.39 is 0 Å². The summed E-state index contributed by atoms with van der Waals surface area (Å²) in [7, 11) is 0. The van der Waals surface area contributed by atoms with Crippen LogP contribution in [0, 0.1) is 13.8 Å². The number of Topliss-reactive ketones (excluding diaryl/α,β-unsaturated/α-hetero) is 2. The van der Waals surface area contributed by atoms with Crippen LogP contribution in [-0.4, -0.2) is 17.3 Å². The van der Waals surface area contributed by atoms with Gasteiger partial charge in [-0.25, -0.2) is 4.99 Å². The molecule has 2 aromatic carbocycles. The molecule has 0 saturated carbocycles. The average Bonchev–Trinajstić information content (AvgIpc) is 2.44. The van der Waals surface area contributed by atoms with Crippen molar-refractivity contribution in [3.05, 3.63) is 64.7 Å². The number of fused-ring (bicyclic) bond motifs is 1. The highest BCUT2D eigenvalue weighted by Gasteiger charge is 2.29. The Morgan fingerprint density at radius 3 is 2.43 bits per heavy atom. The highest BCUT2D eigenvalue weighted by Crippen LogP contribution is 2.23. The zero-order valence-corrected chi connectivity index (χ0v) is 12.0. The molecular formula is C18H15NO2. The summed E-state index contributed by atoms with van der Waals surface area (Å²) in [6.45, 7) is 3.88. The summed E-state index contributed by atoms with van der Waals surface area (Å²) in [4.78, 5) is 29.1. The third kappa shape index (κ3) is 2.55. The molecule has 0 aromatic heterocycles. The van der Waals surface area contributed by atoms with Gasteiger partial charge >= 0.3 is 0 Å². The van der Waals surface area contributed by atoms with Crippen molar-refractivity contribution in [3.63, 3.8) is 0 Å². The first kappa shape index (κ1) is 13.4. The van der Waals surface area contributed by atoms with Crippen LogP contribution in [-0.2, 0) is 0 Å². The fraction of sp³-hybridized carbons (Fsp3) is 0.167. The molecule has 104 valence electrons. The monoisotopic (exact) mass is 277 g/mol. The lowest BCUT2D eigenvalue weighted by Crippen LogP contribution is -2.27. The SMILES string of the molecule is Cc1cccc(N=C2CC(=O)c3cc(C)ccc3C2=O)c1. The molecule has 0 aliphatic heterocycles. The van der Waals surface area contributed by atoms with Crippen molar-refractivity contribution in [2.45, 2.75) is 20.3 Å². The van der Waals surface area contributed by atoms with Gasteiger partial charge in [0.05, 0.1) is 17.8 Å². The molecule has 0 fully saturated rings. The fourth-order valence-corrected chi connectivity index (χ4v) is 2.51. The van der Waals surface area contributed by atoms with Crippen molar-refractivity contribution in [1.29, 1.82) is 0 Å². The lowest BCUT2D eigenvalue weighted by atomic mass is 9.87. The average molecular weight is 277 g/mol. The van der Waals surface area contributed by atoms with Gasteiger partial charge in [-0.15, -0.1) is 0 Å². The molecule has 0 amide bonds. The van der Waals surface area contributed by atoms with Crippen LogP contribution in [0.1, 0.15) is 38.3 Å². The Morgan fingerprint density at radius 1 is 0.905 bits per heavy atom. The van der Waals surface area contributed by atoms with E-state index in [9.17, 15) is 9.59 Å². The molecule has 1 aliphatic carbocycles. The second kappa shape index (κ2) is 5.09. The first-order chi connectivity index (χ1) is 10.0. The van der Waals surface area contributed by atoms with Crippen LogP contribution < -0.4 is 0 Å². The normalized spacial score (nSPS) is 16.2. The van der Waals surface area contributed by atoms with Crippen LogP contribution in [0.25, 0.3) is 0 Å². The molecule has 0 saturated heterocycles. The highest BCUT2D eigenvalue weighted by molar-refractivity contribution is 6.53. The van der Waals surface area contributed by atoms with Crippen LogP contribution in [0.15, 0.2) is 47.5 Å². The quantitative estimate of drug-likeness (QED) is 0.795. The van der Waals surface area contributed by atoms with Gasteiger partial charge in [-0.05, 0) is 43.7 Å². The van der Waals surface area contributed by atoms with E-state index in [2.05, 4.69) is 4.99 Å². The topological polar surface area (TPSA) is 46.5 Å². The predicted molar refractivity (Wildman–Crippen MR) is 82.7 cm³/mol. The molecule has 3 rings (SSSR count). The standard InChI is InChI=1S/C18H15NO2/c1-11-4-3-5-13(8-11)19-16-10-17(20)15-9-12(2)6-7-14(15)18(16)21/h3-9H,10H2,1-2H3. The Hall–Kier alpha value is -2.55. The minimum Gasteiger partial charge on any atom is -0.294 e. The maximum atomic E-state index is 12.5. The Balaban J connectivity index is 2.06. The van der Waals surface area contributed by atoms with Crippen molar-refractivity contribution >= 4 is 23.0 Å². The van der Waals surface area contributed by atoms with Crippen LogP contribution in [0.5, 0.6) is 0 Å². The van der Waals surface area contributed by atoms with Gasteiger partial charge in [0.2, 0.25) is 5.78 Å². The Morgan fingerprint density at radius 2 is 1.67 bits per heavy atom. The van der Waals surface area contributed by atoms with Gasteiger partial charge < -0.3 is 0 Å². The maximum Gasteiger partial charge on any atom is 0.208 e. The summed E-state index contributed by atoms with van der Waals surface area (Å²) in [5, 5.41) is 0. The number of aliphatic imine (C=N–C) groups is 1. The Labute approximate surface area is 123 Å². The van der Waals surface area contributed by atoms with Gasteiger partial charge in [0, 0.05) is 11.1 Å². The number of carbonyl (C=O) groups is 2. The van der Waals surface area contributed by atoms with Crippen molar-refractivity contribution in [2.24, 2.45) is 4.99 Å². The lowest BCUT2D eigenvalue weighted by molar-refractivity contribution is 0.0965. The summed E-state index contributed by atoms with van der Waals surface area (Å²) >= 11 is 0. The smallest absolute Gasteiger partial charge is 0.208 e. The fourth-order valence-electron chi connectivity index (χ4n) is 2.51. The number of rotatable bonds is 1. The van der Waals surface area contributed by atoms with E-state index in [0.29, 0.717) is 22.5 Å². The molecule has 21 heavy (non-hydrogen) atoms. The minimum atomic E-state index is -0.147. The molecule has 0 bridgehead atoms. The van der Waals surface area contributed by atoms with Gasteiger partial charge in [-0.3, -0.25) is 9.59 Å². The first-order valence-electron chi connectivity index (χ1n) is 6.87. The molecule has 0 radical (unpaired) electrons. The predicted octanol–water partition coefficient (Wildman–Crippen LogP) is 3.85. The molecule has 2 aromatic rings. The van der Waals surface area contributed by atoms with E-state index in [1.165, 1.54) is 0 Å². The van der Waals surface area contributed by atoms with Crippen molar-refractivity contribution in [1.82, 2.24) is 0 Å². The van der Waals surface area contributed by atoms with Crippen LogP contribution >= 0.6 is 0 Å². The molecule has 0 unspecified atom stereocenters. The summed E-state index contributed by atoms with van der Waals surface area (Å²) in [5.41, 5.74) is 4.06. The largest absolute Gasteiger partial charge is 0.294 e. The summed E-state index contributed by atoms with van der Waals surface area (Å²) in [6.07, 6.45) is 0.0726. The summed E-state index contributed by atoms with van der Waals surface area (Å²) in [6, 6.07) is 12.9. The third-order valence-corrected chi connectivity index (χ3v) is 3.58. The van der Waals surface area contributed by atoms with E-state index >= 15 is 0 Å². The number of aryl methyl sites for hydroxylation is 2. The molecular weight excluding hydrogens is 262 g/mol. The number of carbonyl (C=O) groups excluding carboxylic acids is 2. The van der Waals surface area contributed by atoms with Gasteiger partial charge in [0.25, 0.3) is 0 Å². The van der Waals surface area contributed by atoms with Gasteiger partial charge in [0.1, 0.15) is 0 Å². The molecule has 3 heteroatoms. The van der Waals surface area contributed by atoms with Gasteiger partial charge in [-0.1, -0.05) is 23.8 Å². The van der Waals surface area contributed by atoms with E-state index in [4.69, 9.17) is 0 Å². The van der Waals surface area contributed by atoms with E-state index in [1.54, 1.807) is 12.1 Å². The number of ketones is 2. The van der Waals surface area contributed by atoms with Crippen molar-refractivity contribution in [2.75, 3.05) is 0 Å². The van der Waals surface area contributed by atoms with Crippen molar-refractivity contribution < 1.29 is 9.59 Å². The van der Waals surface area contributed by atoms with E-state index in [-0.39, 0.29) is 18.0 Å². The van der Waals surface area contributed by atoms with Crippen LogP contribution in [0.2, 0.25) is 0 Å². The summed E-state index contributed by atoms with van der Waals surface area (Å²) in [5.74, 6) is -0.189. The molecule has 0 heterocycles. The lowest BCUT2D eigenvalue weighted by Gasteiger charge is -2.16. The molecule has 0 atom stereocenters. The number of nitrogens with zero attached hydrogens (tertiary/aromatic N) is 1. The second-order valence-corrected chi connectivity index (χ2v) is 5.38. The molecule has 0 spiro atoms. The molecule has 1 aliphatic rings. The number of benzene rings is 2. The van der Waals surface area contributed by atoms with Crippen LogP contribution in [0.4, 0.5) is 5.69 Å². The van der Waals surface area contributed by atoms with Crippen molar-refractivity contribution in [3.8, 4) is 0 Å².